The Labute approximate surface area is 129 Å². The second kappa shape index (κ2) is 5.87. The smallest absolute Gasteiger partial charge is 0.270 e. The molecule has 1 N–H and O–H groups in total. The Morgan fingerprint density at radius 1 is 1.37 bits per heavy atom. The van der Waals surface area contributed by atoms with E-state index in [-0.39, 0.29) is 10.6 Å². The van der Waals surface area contributed by atoms with Gasteiger partial charge in [0.1, 0.15) is 0 Å². The van der Waals surface area contributed by atoms with Gasteiger partial charge in [0.2, 0.25) is 0 Å². The first kappa shape index (κ1) is 14.3. The van der Waals surface area contributed by atoms with Crippen LogP contribution in [-0.4, -0.2) is 4.92 Å². The lowest BCUT2D eigenvalue weighted by Gasteiger charge is -2.07. The van der Waals surface area contributed by atoms with E-state index >= 15 is 0 Å². The zero-order valence-corrected chi connectivity index (χ0v) is 13.5. The van der Waals surface area contributed by atoms with Crippen molar-refractivity contribution in [3.05, 3.63) is 53.3 Å². The molecule has 1 heterocycles. The molecule has 6 heteroatoms. The molecular weight excluding hydrogens is 375 g/mol. The Bertz CT molecular complexity index is 606. The quantitative estimate of drug-likeness (QED) is 0.477. The van der Waals surface area contributed by atoms with E-state index in [2.05, 4.69) is 47.8 Å². The minimum Gasteiger partial charge on any atom is -0.379 e. The zero-order chi connectivity index (χ0) is 14.0. The fourth-order valence-electron chi connectivity index (χ4n) is 1.68. The van der Waals surface area contributed by atoms with Crippen LogP contribution in [0, 0.1) is 27.5 Å². The molecule has 0 unspecified atom stereocenters. The number of thiophene rings is 1. The van der Waals surface area contributed by atoms with Gasteiger partial charge in [-0.05, 0) is 54.1 Å². The van der Waals surface area contributed by atoms with Gasteiger partial charge >= 0.3 is 0 Å². The highest BCUT2D eigenvalue weighted by atomic mass is 127. The van der Waals surface area contributed by atoms with Gasteiger partial charge in [-0.2, -0.15) is 0 Å². The summed E-state index contributed by atoms with van der Waals surface area (Å²) in [4.78, 5) is 12.9. The summed E-state index contributed by atoms with van der Waals surface area (Å²) in [5, 5.41) is 14.0. The van der Waals surface area contributed by atoms with E-state index < -0.39 is 0 Å². The molecule has 0 fully saturated rings. The van der Waals surface area contributed by atoms with E-state index in [0.29, 0.717) is 0 Å². The Morgan fingerprint density at radius 3 is 2.63 bits per heavy atom. The molecule has 0 saturated carbocycles. The van der Waals surface area contributed by atoms with Crippen LogP contribution in [0.25, 0.3) is 0 Å². The molecule has 0 atom stereocenters. The average molecular weight is 388 g/mol. The maximum Gasteiger partial charge on any atom is 0.270 e. The standard InChI is InChI=1S/C13H13IN2O2S/c1-8-5-11(19-9(8)2)7-15-13-4-3-10(16(17)18)6-12(13)14/h3-6,15H,7H2,1-2H3. The number of nitrogens with one attached hydrogen (secondary N) is 1. The van der Waals surface area contributed by atoms with Gasteiger partial charge in [0, 0.05) is 37.7 Å². The van der Waals surface area contributed by atoms with Gasteiger partial charge in [0.15, 0.2) is 0 Å². The molecule has 2 aromatic rings. The summed E-state index contributed by atoms with van der Waals surface area (Å²) >= 11 is 3.88. The van der Waals surface area contributed by atoms with Crippen molar-refractivity contribution in [3.63, 3.8) is 0 Å². The van der Waals surface area contributed by atoms with Crippen molar-refractivity contribution in [1.82, 2.24) is 0 Å². The molecule has 0 aliphatic rings. The summed E-state index contributed by atoms with van der Waals surface area (Å²) in [6.45, 7) is 4.96. The Balaban J connectivity index is 2.09. The van der Waals surface area contributed by atoms with Crippen LogP contribution in [0.15, 0.2) is 24.3 Å². The van der Waals surface area contributed by atoms with E-state index in [1.807, 2.05) is 0 Å². The number of halogens is 1. The molecule has 1 aromatic heterocycles. The number of nitro benzene ring substituents is 1. The van der Waals surface area contributed by atoms with Crippen molar-refractivity contribution in [2.24, 2.45) is 0 Å². The normalized spacial score (nSPS) is 10.5. The van der Waals surface area contributed by atoms with Gasteiger partial charge in [0.05, 0.1) is 4.92 Å². The minimum atomic E-state index is -0.377. The van der Waals surface area contributed by atoms with E-state index in [9.17, 15) is 10.1 Å². The van der Waals surface area contributed by atoms with Crippen molar-refractivity contribution < 1.29 is 4.92 Å². The summed E-state index contributed by atoms with van der Waals surface area (Å²) in [6.07, 6.45) is 0. The molecule has 2 rings (SSSR count). The Hall–Kier alpha value is -1.15. The van der Waals surface area contributed by atoms with Crippen molar-refractivity contribution >= 4 is 45.3 Å². The molecule has 19 heavy (non-hydrogen) atoms. The van der Waals surface area contributed by atoms with E-state index in [1.54, 1.807) is 23.5 Å². The van der Waals surface area contributed by atoms with Crippen LogP contribution in [-0.2, 0) is 6.54 Å². The molecule has 100 valence electrons. The minimum absolute atomic E-state index is 0.123. The molecule has 0 aliphatic carbocycles. The first-order valence-corrected chi connectivity index (χ1v) is 7.60. The molecule has 1 aromatic carbocycles. The van der Waals surface area contributed by atoms with Crippen molar-refractivity contribution in [2.75, 3.05) is 5.32 Å². The maximum atomic E-state index is 10.7. The van der Waals surface area contributed by atoms with Crippen LogP contribution < -0.4 is 5.32 Å². The lowest BCUT2D eigenvalue weighted by Crippen LogP contribution is -2.00. The number of aryl methyl sites for hydroxylation is 2. The van der Waals surface area contributed by atoms with Gasteiger partial charge in [-0.15, -0.1) is 11.3 Å². The summed E-state index contributed by atoms with van der Waals surface area (Å²) in [6, 6.07) is 7.03. The number of anilines is 1. The maximum absolute atomic E-state index is 10.7. The predicted molar refractivity (Wildman–Crippen MR) is 86.9 cm³/mol. The third-order valence-electron chi connectivity index (χ3n) is 2.83. The number of non-ortho nitro benzene ring substituents is 1. The van der Waals surface area contributed by atoms with E-state index in [4.69, 9.17) is 0 Å². The predicted octanol–water partition coefficient (Wildman–Crippen LogP) is 4.49. The SMILES string of the molecule is Cc1cc(CNc2ccc([N+](=O)[O-])cc2I)sc1C. The largest absolute Gasteiger partial charge is 0.379 e. The molecule has 0 bridgehead atoms. The number of hydrogen-bond acceptors (Lipinski definition) is 4. The number of nitrogens with zero attached hydrogens (tertiary/aromatic N) is 1. The first-order valence-electron chi connectivity index (χ1n) is 5.71. The van der Waals surface area contributed by atoms with E-state index in [1.165, 1.54) is 21.4 Å². The van der Waals surface area contributed by atoms with Gasteiger partial charge < -0.3 is 5.32 Å². The number of hydrogen-bond donors (Lipinski definition) is 1. The molecule has 4 nitrogen and oxygen atoms in total. The highest BCUT2D eigenvalue weighted by Crippen LogP contribution is 2.26. The average Bonchev–Trinajstić information content (AvgIpc) is 2.67. The number of nitro groups is 1. The lowest BCUT2D eigenvalue weighted by atomic mass is 10.2. The summed E-state index contributed by atoms with van der Waals surface area (Å²) in [7, 11) is 0. The monoisotopic (exact) mass is 388 g/mol. The molecular formula is C13H13IN2O2S. The van der Waals surface area contributed by atoms with Gasteiger partial charge in [-0.3, -0.25) is 10.1 Å². The summed E-state index contributed by atoms with van der Waals surface area (Å²) in [5.41, 5.74) is 2.35. The van der Waals surface area contributed by atoms with Crippen molar-refractivity contribution in [1.29, 1.82) is 0 Å². The highest BCUT2D eigenvalue weighted by molar-refractivity contribution is 14.1. The van der Waals surface area contributed by atoms with E-state index in [0.717, 1.165) is 15.8 Å². The molecule has 0 aliphatic heterocycles. The van der Waals surface area contributed by atoms with Crippen LogP contribution in [0.4, 0.5) is 11.4 Å². The highest BCUT2D eigenvalue weighted by Gasteiger charge is 2.09. The fourth-order valence-corrected chi connectivity index (χ4v) is 3.36. The third kappa shape index (κ3) is 3.44. The lowest BCUT2D eigenvalue weighted by molar-refractivity contribution is -0.384. The summed E-state index contributed by atoms with van der Waals surface area (Å²) in [5.74, 6) is 0. The zero-order valence-electron chi connectivity index (χ0n) is 10.6. The Kier molecular flexibility index (Phi) is 4.41. The van der Waals surface area contributed by atoms with Crippen molar-refractivity contribution in [2.45, 2.75) is 20.4 Å². The fraction of sp³-hybridized carbons (Fsp3) is 0.231. The molecule has 0 amide bonds. The van der Waals surface area contributed by atoms with Crippen LogP contribution in [0.5, 0.6) is 0 Å². The van der Waals surface area contributed by atoms with Crippen LogP contribution in [0.1, 0.15) is 15.3 Å². The number of benzene rings is 1. The van der Waals surface area contributed by atoms with Gasteiger partial charge in [0.25, 0.3) is 5.69 Å². The molecule has 0 radical (unpaired) electrons. The van der Waals surface area contributed by atoms with Crippen LogP contribution >= 0.6 is 33.9 Å². The number of rotatable bonds is 4. The first-order chi connectivity index (χ1) is 8.97. The second-order valence-electron chi connectivity index (χ2n) is 4.23. The third-order valence-corrected chi connectivity index (χ3v) is 4.88. The molecule has 0 saturated heterocycles. The van der Waals surface area contributed by atoms with Gasteiger partial charge in [-0.1, -0.05) is 0 Å². The Morgan fingerprint density at radius 2 is 2.11 bits per heavy atom. The van der Waals surface area contributed by atoms with Crippen LogP contribution in [0.3, 0.4) is 0 Å². The van der Waals surface area contributed by atoms with Crippen LogP contribution in [0.2, 0.25) is 0 Å². The summed E-state index contributed by atoms with van der Waals surface area (Å²) < 4.78 is 0.858. The van der Waals surface area contributed by atoms with Gasteiger partial charge in [-0.25, -0.2) is 0 Å². The molecule has 0 spiro atoms. The topological polar surface area (TPSA) is 55.2 Å². The second-order valence-corrected chi connectivity index (χ2v) is 6.73. The van der Waals surface area contributed by atoms with Crippen molar-refractivity contribution in [3.8, 4) is 0 Å².